The molecule has 0 saturated carbocycles. The van der Waals surface area contributed by atoms with Crippen molar-refractivity contribution in [1.29, 1.82) is 0 Å². The first-order valence-corrected chi connectivity index (χ1v) is 9.38. The van der Waals surface area contributed by atoms with E-state index >= 15 is 0 Å². The highest BCUT2D eigenvalue weighted by Crippen LogP contribution is 2.18. The second kappa shape index (κ2) is 10.1. The van der Waals surface area contributed by atoms with Gasteiger partial charge in [0, 0.05) is 0 Å². The number of carbonyl (C=O) groups is 1. The van der Waals surface area contributed by atoms with Crippen LogP contribution in [0.3, 0.4) is 0 Å². The van der Waals surface area contributed by atoms with Crippen LogP contribution in [-0.4, -0.2) is 29.1 Å². The number of hydrogen-bond acceptors (Lipinski definition) is 5. The third kappa shape index (κ3) is 6.35. The van der Waals surface area contributed by atoms with E-state index in [0.717, 1.165) is 24.3 Å². The van der Waals surface area contributed by atoms with Crippen LogP contribution < -0.4 is 10.1 Å². The topological polar surface area (TPSA) is 63.1 Å². The van der Waals surface area contributed by atoms with Crippen molar-refractivity contribution in [2.45, 2.75) is 51.2 Å². The molecule has 1 amide bonds. The van der Waals surface area contributed by atoms with Crippen molar-refractivity contribution >= 4 is 29.1 Å². The molecule has 0 aliphatic carbocycles. The van der Waals surface area contributed by atoms with Gasteiger partial charge in [0.05, 0.1) is 18.1 Å². The van der Waals surface area contributed by atoms with Crippen molar-refractivity contribution in [2.24, 2.45) is 10.2 Å². The number of nitrogens with zero attached hydrogens (tertiary/aromatic N) is 2. The molecule has 1 fully saturated rings. The lowest BCUT2D eigenvalue weighted by Crippen LogP contribution is -2.23. The number of amides is 1. The van der Waals surface area contributed by atoms with Crippen LogP contribution in [0.2, 0.25) is 0 Å². The molecule has 1 aliphatic heterocycles. The summed E-state index contributed by atoms with van der Waals surface area (Å²) in [5, 5.41) is 11.2. The molecule has 1 aliphatic rings. The van der Waals surface area contributed by atoms with Gasteiger partial charge in [-0.2, -0.15) is 5.10 Å². The van der Waals surface area contributed by atoms with Crippen molar-refractivity contribution in [3.05, 3.63) is 29.8 Å². The number of rotatable bonds is 9. The van der Waals surface area contributed by atoms with Crippen molar-refractivity contribution in [3.63, 3.8) is 0 Å². The molecule has 1 aromatic carbocycles. The molecule has 0 unspecified atom stereocenters. The zero-order valence-electron chi connectivity index (χ0n) is 14.3. The summed E-state index contributed by atoms with van der Waals surface area (Å²) < 4.78 is 5.73. The van der Waals surface area contributed by atoms with E-state index in [-0.39, 0.29) is 11.2 Å². The number of carbonyl (C=O) groups excluding carboxylic acids is 1. The number of hydrogen-bond donors (Lipinski definition) is 1. The van der Waals surface area contributed by atoms with Crippen LogP contribution in [0.4, 0.5) is 0 Å². The predicted molar refractivity (Wildman–Crippen MR) is 101 cm³/mol. The SMILES string of the molecule is CCCCCCCOc1ccc(/C=N\N=C2\NC(=O)[C@H](C)S2)cc1. The molecule has 1 heterocycles. The fourth-order valence-electron chi connectivity index (χ4n) is 2.20. The van der Waals surface area contributed by atoms with Crippen molar-refractivity contribution in [3.8, 4) is 5.75 Å². The average Bonchev–Trinajstić information content (AvgIpc) is 2.90. The molecule has 6 heteroatoms. The highest BCUT2D eigenvalue weighted by molar-refractivity contribution is 8.15. The zero-order chi connectivity index (χ0) is 17.2. The molecule has 1 saturated heterocycles. The van der Waals surface area contributed by atoms with Crippen LogP contribution in [0, 0.1) is 0 Å². The summed E-state index contributed by atoms with van der Waals surface area (Å²) in [6.45, 7) is 4.82. The smallest absolute Gasteiger partial charge is 0.239 e. The van der Waals surface area contributed by atoms with Crippen LogP contribution in [0.15, 0.2) is 34.5 Å². The van der Waals surface area contributed by atoms with Gasteiger partial charge in [0.15, 0.2) is 5.17 Å². The average molecular weight is 347 g/mol. The Morgan fingerprint density at radius 2 is 1.96 bits per heavy atom. The Bertz CT molecular complexity index is 584. The molecule has 1 aromatic rings. The molecule has 0 radical (unpaired) electrons. The Morgan fingerprint density at radius 1 is 1.21 bits per heavy atom. The first kappa shape index (κ1) is 18.5. The summed E-state index contributed by atoms with van der Waals surface area (Å²) in [4.78, 5) is 11.3. The largest absolute Gasteiger partial charge is 0.494 e. The van der Waals surface area contributed by atoms with Crippen molar-refractivity contribution in [1.82, 2.24) is 5.32 Å². The standard InChI is InChI=1S/C18H25N3O2S/c1-3-4-5-6-7-12-23-16-10-8-15(9-11-16)13-19-21-18-20-17(22)14(2)24-18/h8-11,13-14H,3-7,12H2,1-2H3,(H,20,21,22)/b19-13-/t14-/m0/s1. The Balaban J connectivity index is 1.73. The first-order valence-electron chi connectivity index (χ1n) is 8.50. The number of unbranched alkanes of at least 4 members (excludes halogenated alkanes) is 4. The molecule has 130 valence electrons. The number of benzene rings is 1. The molecule has 5 nitrogen and oxygen atoms in total. The van der Waals surface area contributed by atoms with E-state index in [1.54, 1.807) is 6.21 Å². The summed E-state index contributed by atoms with van der Waals surface area (Å²) in [6, 6.07) is 7.77. The van der Waals surface area contributed by atoms with Crippen LogP contribution in [0.25, 0.3) is 0 Å². The summed E-state index contributed by atoms with van der Waals surface area (Å²) in [7, 11) is 0. The number of nitrogens with one attached hydrogen (secondary N) is 1. The third-order valence-corrected chi connectivity index (χ3v) is 4.61. The fourth-order valence-corrected chi connectivity index (χ4v) is 2.95. The molecular formula is C18H25N3O2S. The van der Waals surface area contributed by atoms with Gasteiger partial charge in [-0.15, -0.1) is 5.10 Å². The van der Waals surface area contributed by atoms with Gasteiger partial charge in [-0.25, -0.2) is 0 Å². The summed E-state index contributed by atoms with van der Waals surface area (Å²) in [5.41, 5.74) is 0.942. The van der Waals surface area contributed by atoms with Gasteiger partial charge < -0.3 is 10.1 Å². The van der Waals surface area contributed by atoms with Crippen LogP contribution in [0.5, 0.6) is 5.75 Å². The summed E-state index contributed by atoms with van der Waals surface area (Å²) in [5.74, 6) is 0.853. The fraction of sp³-hybridized carbons (Fsp3) is 0.500. The van der Waals surface area contributed by atoms with Gasteiger partial charge in [0.1, 0.15) is 5.75 Å². The maximum absolute atomic E-state index is 11.3. The summed E-state index contributed by atoms with van der Waals surface area (Å²) in [6.07, 6.45) is 7.85. The number of amidine groups is 1. The lowest BCUT2D eigenvalue weighted by atomic mass is 10.2. The Hall–Kier alpha value is -1.82. The van der Waals surface area contributed by atoms with Gasteiger partial charge in [-0.1, -0.05) is 44.4 Å². The minimum absolute atomic E-state index is 0.0230. The molecular weight excluding hydrogens is 322 g/mol. The van der Waals surface area contributed by atoms with Gasteiger partial charge in [0.25, 0.3) is 0 Å². The van der Waals surface area contributed by atoms with Crippen molar-refractivity contribution in [2.75, 3.05) is 6.61 Å². The van der Waals surface area contributed by atoms with E-state index < -0.39 is 0 Å². The van der Waals surface area contributed by atoms with E-state index in [2.05, 4.69) is 22.4 Å². The highest BCUT2D eigenvalue weighted by atomic mass is 32.2. The maximum Gasteiger partial charge on any atom is 0.239 e. The second-order valence-corrected chi connectivity index (χ2v) is 7.06. The number of thioether (sulfide) groups is 1. The molecule has 0 bridgehead atoms. The Morgan fingerprint density at radius 3 is 2.62 bits per heavy atom. The van der Waals surface area contributed by atoms with Crippen LogP contribution in [-0.2, 0) is 4.79 Å². The van der Waals surface area contributed by atoms with E-state index in [1.807, 2.05) is 31.2 Å². The van der Waals surface area contributed by atoms with Crippen molar-refractivity contribution < 1.29 is 9.53 Å². The van der Waals surface area contributed by atoms with E-state index in [1.165, 1.54) is 37.4 Å². The Labute approximate surface area is 148 Å². The molecule has 1 N–H and O–H groups in total. The molecule has 0 spiro atoms. The minimum atomic E-state index is -0.0997. The van der Waals surface area contributed by atoms with Crippen LogP contribution in [0.1, 0.15) is 51.5 Å². The van der Waals surface area contributed by atoms with Gasteiger partial charge in [-0.05, 0) is 43.2 Å². The lowest BCUT2D eigenvalue weighted by molar-refractivity contribution is -0.118. The monoisotopic (exact) mass is 347 g/mol. The van der Waals surface area contributed by atoms with E-state index in [0.29, 0.717) is 5.17 Å². The third-order valence-electron chi connectivity index (χ3n) is 3.64. The van der Waals surface area contributed by atoms with E-state index in [9.17, 15) is 4.79 Å². The van der Waals surface area contributed by atoms with Crippen LogP contribution >= 0.6 is 11.8 Å². The maximum atomic E-state index is 11.3. The van der Waals surface area contributed by atoms with Gasteiger partial charge in [-0.3, -0.25) is 4.79 Å². The Kier molecular flexibility index (Phi) is 7.82. The van der Waals surface area contributed by atoms with E-state index in [4.69, 9.17) is 4.74 Å². The predicted octanol–water partition coefficient (Wildman–Crippen LogP) is 3.98. The first-order chi connectivity index (χ1) is 11.7. The zero-order valence-corrected chi connectivity index (χ0v) is 15.1. The second-order valence-electron chi connectivity index (χ2n) is 5.73. The summed E-state index contributed by atoms with van der Waals surface area (Å²) >= 11 is 1.38. The molecule has 0 aromatic heterocycles. The quantitative estimate of drug-likeness (QED) is 0.417. The lowest BCUT2D eigenvalue weighted by Gasteiger charge is -2.06. The molecule has 2 rings (SSSR count). The molecule has 24 heavy (non-hydrogen) atoms. The van der Waals surface area contributed by atoms with Gasteiger partial charge in [0.2, 0.25) is 5.91 Å². The number of ether oxygens (including phenoxy) is 1. The normalized spacial score (nSPS) is 19.2. The molecule has 1 atom stereocenters. The minimum Gasteiger partial charge on any atom is -0.494 e. The van der Waals surface area contributed by atoms with Gasteiger partial charge >= 0.3 is 0 Å². The highest BCUT2D eigenvalue weighted by Gasteiger charge is 2.25.